The van der Waals surface area contributed by atoms with E-state index in [0.29, 0.717) is 12.0 Å². The standard InChI is InChI=1S/C15H17F2NO2/c1-9(20-12-4-5-13(16)14(17)7-12)15(19)18-8-10-2-3-11(18)6-10/h4-5,7,9-11H,2-3,6,8H2,1H3/t9-,10+,11+/m1/s1. The van der Waals surface area contributed by atoms with Crippen LogP contribution in [0, 0.1) is 17.6 Å². The molecule has 3 atom stereocenters. The summed E-state index contributed by atoms with van der Waals surface area (Å²) in [6.07, 6.45) is 2.67. The van der Waals surface area contributed by atoms with Crippen LogP contribution in [0.25, 0.3) is 0 Å². The van der Waals surface area contributed by atoms with Gasteiger partial charge in [0.25, 0.3) is 5.91 Å². The highest BCUT2D eigenvalue weighted by molar-refractivity contribution is 5.81. The quantitative estimate of drug-likeness (QED) is 0.852. The summed E-state index contributed by atoms with van der Waals surface area (Å²) >= 11 is 0. The van der Waals surface area contributed by atoms with Crippen molar-refractivity contribution in [3.63, 3.8) is 0 Å². The summed E-state index contributed by atoms with van der Waals surface area (Å²) in [5.41, 5.74) is 0. The summed E-state index contributed by atoms with van der Waals surface area (Å²) in [6, 6.07) is 3.64. The first kappa shape index (κ1) is 13.3. The fourth-order valence-corrected chi connectivity index (χ4v) is 3.23. The van der Waals surface area contributed by atoms with Gasteiger partial charge >= 0.3 is 0 Å². The first-order chi connectivity index (χ1) is 9.54. The Morgan fingerprint density at radius 3 is 2.75 bits per heavy atom. The van der Waals surface area contributed by atoms with Crippen LogP contribution in [0.4, 0.5) is 8.78 Å². The van der Waals surface area contributed by atoms with Gasteiger partial charge in [-0.25, -0.2) is 8.78 Å². The highest BCUT2D eigenvalue weighted by atomic mass is 19.2. The van der Waals surface area contributed by atoms with Crippen LogP contribution >= 0.6 is 0 Å². The summed E-state index contributed by atoms with van der Waals surface area (Å²) in [5, 5.41) is 0. The summed E-state index contributed by atoms with van der Waals surface area (Å²) < 4.78 is 31.4. The molecule has 1 aliphatic heterocycles. The Labute approximate surface area is 116 Å². The lowest BCUT2D eigenvalue weighted by Crippen LogP contribution is -2.44. The van der Waals surface area contributed by atoms with Crippen LogP contribution in [0.2, 0.25) is 0 Å². The van der Waals surface area contributed by atoms with Crippen molar-refractivity contribution in [2.75, 3.05) is 6.54 Å². The monoisotopic (exact) mass is 281 g/mol. The predicted molar refractivity (Wildman–Crippen MR) is 69.3 cm³/mol. The number of ether oxygens (including phenoxy) is 1. The van der Waals surface area contributed by atoms with Crippen molar-refractivity contribution in [2.24, 2.45) is 5.92 Å². The number of likely N-dealkylation sites (tertiary alicyclic amines) is 1. The number of benzene rings is 1. The Hall–Kier alpha value is -1.65. The first-order valence-electron chi connectivity index (χ1n) is 6.97. The van der Waals surface area contributed by atoms with Gasteiger partial charge in [0, 0.05) is 18.7 Å². The topological polar surface area (TPSA) is 29.5 Å². The van der Waals surface area contributed by atoms with Crippen molar-refractivity contribution in [1.29, 1.82) is 0 Å². The van der Waals surface area contributed by atoms with Gasteiger partial charge in [-0.1, -0.05) is 0 Å². The predicted octanol–water partition coefficient (Wildman–Crippen LogP) is 2.74. The number of hydrogen-bond acceptors (Lipinski definition) is 2. The zero-order valence-electron chi connectivity index (χ0n) is 11.3. The second kappa shape index (κ2) is 5.04. The fourth-order valence-electron chi connectivity index (χ4n) is 3.23. The molecule has 20 heavy (non-hydrogen) atoms. The minimum atomic E-state index is -0.970. The number of halogens is 2. The van der Waals surface area contributed by atoms with Crippen molar-refractivity contribution in [3.05, 3.63) is 29.8 Å². The SMILES string of the molecule is C[C@@H](Oc1ccc(F)c(F)c1)C(=O)N1C[C@H]2CC[C@H]1C2. The molecule has 1 aromatic rings. The van der Waals surface area contributed by atoms with Crippen LogP contribution in [0.5, 0.6) is 5.75 Å². The molecule has 1 saturated heterocycles. The number of piperidine rings is 1. The van der Waals surface area contributed by atoms with E-state index in [9.17, 15) is 13.6 Å². The Morgan fingerprint density at radius 1 is 1.35 bits per heavy atom. The van der Waals surface area contributed by atoms with Crippen molar-refractivity contribution in [3.8, 4) is 5.75 Å². The molecule has 1 aliphatic carbocycles. The van der Waals surface area contributed by atoms with Gasteiger partial charge in [-0.3, -0.25) is 4.79 Å². The molecule has 3 rings (SSSR count). The molecule has 5 heteroatoms. The van der Waals surface area contributed by atoms with E-state index in [2.05, 4.69) is 0 Å². The van der Waals surface area contributed by atoms with E-state index in [-0.39, 0.29) is 11.7 Å². The van der Waals surface area contributed by atoms with E-state index in [1.54, 1.807) is 6.92 Å². The minimum Gasteiger partial charge on any atom is -0.481 e. The molecular weight excluding hydrogens is 264 g/mol. The van der Waals surface area contributed by atoms with Gasteiger partial charge in [-0.15, -0.1) is 0 Å². The molecule has 108 valence electrons. The van der Waals surface area contributed by atoms with Gasteiger partial charge in [0.05, 0.1) is 0 Å². The highest BCUT2D eigenvalue weighted by Crippen LogP contribution is 2.37. The van der Waals surface area contributed by atoms with Crippen molar-refractivity contribution in [1.82, 2.24) is 4.90 Å². The molecule has 0 unspecified atom stereocenters. The second-order valence-corrected chi connectivity index (χ2v) is 5.66. The van der Waals surface area contributed by atoms with Gasteiger partial charge in [0.2, 0.25) is 0 Å². The van der Waals surface area contributed by atoms with Crippen molar-refractivity contribution < 1.29 is 18.3 Å². The molecule has 1 saturated carbocycles. The molecule has 0 aromatic heterocycles. The minimum absolute atomic E-state index is 0.0677. The van der Waals surface area contributed by atoms with E-state index < -0.39 is 17.7 Å². The number of carbonyl (C=O) groups excluding carboxylic acids is 1. The molecule has 0 radical (unpaired) electrons. The summed E-state index contributed by atoms with van der Waals surface area (Å²) in [7, 11) is 0. The van der Waals surface area contributed by atoms with Crippen LogP contribution in [-0.2, 0) is 4.79 Å². The molecular formula is C15H17F2NO2. The number of amides is 1. The van der Waals surface area contributed by atoms with E-state index in [4.69, 9.17) is 4.74 Å². The Morgan fingerprint density at radius 2 is 2.15 bits per heavy atom. The lowest BCUT2D eigenvalue weighted by Gasteiger charge is -2.29. The molecule has 1 heterocycles. The molecule has 1 aromatic carbocycles. The maximum absolute atomic E-state index is 13.1. The van der Waals surface area contributed by atoms with E-state index in [0.717, 1.165) is 31.5 Å². The van der Waals surface area contributed by atoms with Crippen LogP contribution in [0.15, 0.2) is 18.2 Å². The zero-order chi connectivity index (χ0) is 14.3. The molecule has 1 amide bonds. The van der Waals surface area contributed by atoms with Gasteiger partial charge in [0.1, 0.15) is 5.75 Å². The first-order valence-corrected chi connectivity index (χ1v) is 6.97. The lowest BCUT2D eigenvalue weighted by molar-refractivity contribution is -0.139. The average molecular weight is 281 g/mol. The summed E-state index contributed by atoms with van der Waals surface area (Å²) in [5.74, 6) is -1.16. The molecule has 0 spiro atoms. The van der Waals surface area contributed by atoms with E-state index >= 15 is 0 Å². The number of nitrogens with zero attached hydrogens (tertiary/aromatic N) is 1. The van der Waals surface area contributed by atoms with Gasteiger partial charge in [-0.05, 0) is 44.2 Å². The maximum atomic E-state index is 13.1. The zero-order valence-corrected chi connectivity index (χ0v) is 11.3. The molecule has 2 bridgehead atoms. The molecule has 2 aliphatic rings. The van der Waals surface area contributed by atoms with Crippen molar-refractivity contribution in [2.45, 2.75) is 38.3 Å². The van der Waals surface area contributed by atoms with E-state index in [1.165, 1.54) is 12.5 Å². The third-order valence-electron chi connectivity index (χ3n) is 4.24. The van der Waals surface area contributed by atoms with E-state index in [1.807, 2.05) is 4.90 Å². The number of rotatable bonds is 3. The average Bonchev–Trinajstić information content (AvgIpc) is 3.04. The maximum Gasteiger partial charge on any atom is 0.263 e. The summed E-state index contributed by atoms with van der Waals surface area (Å²) in [6.45, 7) is 2.45. The normalized spacial score (nSPS) is 25.9. The third-order valence-corrected chi connectivity index (χ3v) is 4.24. The Balaban J connectivity index is 1.65. The smallest absolute Gasteiger partial charge is 0.263 e. The van der Waals surface area contributed by atoms with Gasteiger partial charge < -0.3 is 9.64 Å². The van der Waals surface area contributed by atoms with Crippen LogP contribution in [0.1, 0.15) is 26.2 Å². The lowest BCUT2D eigenvalue weighted by atomic mass is 10.1. The van der Waals surface area contributed by atoms with Crippen LogP contribution in [-0.4, -0.2) is 29.5 Å². The van der Waals surface area contributed by atoms with Crippen LogP contribution in [0.3, 0.4) is 0 Å². The van der Waals surface area contributed by atoms with Gasteiger partial charge in [0.15, 0.2) is 17.7 Å². The number of carbonyl (C=O) groups is 1. The van der Waals surface area contributed by atoms with Crippen LogP contribution < -0.4 is 4.74 Å². The highest BCUT2D eigenvalue weighted by Gasteiger charge is 2.41. The van der Waals surface area contributed by atoms with Gasteiger partial charge in [-0.2, -0.15) is 0 Å². The third kappa shape index (κ3) is 2.37. The molecule has 2 fully saturated rings. The fraction of sp³-hybridized carbons (Fsp3) is 0.533. The Bertz CT molecular complexity index is 535. The Kier molecular flexibility index (Phi) is 3.36. The number of hydrogen-bond donors (Lipinski definition) is 0. The molecule has 3 nitrogen and oxygen atoms in total. The second-order valence-electron chi connectivity index (χ2n) is 5.66. The largest absolute Gasteiger partial charge is 0.481 e. The molecule has 0 N–H and O–H groups in total. The summed E-state index contributed by atoms with van der Waals surface area (Å²) in [4.78, 5) is 14.2. The van der Waals surface area contributed by atoms with Crippen molar-refractivity contribution >= 4 is 5.91 Å². The number of fused-ring (bicyclic) bond motifs is 2.